The van der Waals surface area contributed by atoms with Crippen LogP contribution in [0.25, 0.3) is 0 Å². The summed E-state index contributed by atoms with van der Waals surface area (Å²) < 4.78 is 10.1. The average Bonchev–Trinajstić information content (AvgIpc) is 2.61. The molecule has 0 saturated heterocycles. The number of amides is 1. The lowest BCUT2D eigenvalue weighted by molar-refractivity contribution is -0.119. The maximum atomic E-state index is 11.9. The summed E-state index contributed by atoms with van der Waals surface area (Å²) in [5.41, 5.74) is 1.01. The van der Waals surface area contributed by atoms with Gasteiger partial charge in [-0.1, -0.05) is 12.1 Å². The molecule has 0 aliphatic heterocycles. The number of aliphatic imine (C=N–C) groups is 1. The topological polar surface area (TPSA) is 84.0 Å². The minimum atomic E-state index is -0.125. The van der Waals surface area contributed by atoms with Crippen LogP contribution in [0.5, 0.6) is 5.75 Å². The molecule has 0 unspecified atom stereocenters. The van der Waals surface area contributed by atoms with Crippen molar-refractivity contribution in [3.05, 3.63) is 29.8 Å². The summed E-state index contributed by atoms with van der Waals surface area (Å²) in [7, 11) is 3.30. The molecule has 0 spiro atoms. The number of hydrogen-bond donors (Lipinski definition) is 3. The maximum Gasteiger partial charge on any atom is 0.242 e. The number of ether oxygens (including phenoxy) is 2. The van der Waals surface area contributed by atoms with Crippen molar-refractivity contribution in [3.63, 3.8) is 0 Å². The second-order valence-corrected chi connectivity index (χ2v) is 5.09. The lowest BCUT2D eigenvalue weighted by Crippen LogP contribution is -2.39. The molecule has 0 fully saturated rings. The highest BCUT2D eigenvalue weighted by Gasteiger charge is 2.02. The normalized spacial score (nSPS) is 10.6. The van der Waals surface area contributed by atoms with Crippen LogP contribution in [0.4, 0.5) is 0 Å². The first-order chi connectivity index (χ1) is 11.7. The first kappa shape index (κ1) is 23.4. The van der Waals surface area contributed by atoms with E-state index < -0.39 is 0 Å². The Hall–Kier alpha value is -1.55. The molecule has 1 amide bonds. The van der Waals surface area contributed by atoms with E-state index in [4.69, 9.17) is 9.47 Å². The number of hydrogen-bond acceptors (Lipinski definition) is 4. The number of nitrogens with one attached hydrogen (secondary N) is 3. The van der Waals surface area contributed by atoms with Crippen LogP contribution >= 0.6 is 24.0 Å². The van der Waals surface area contributed by atoms with Gasteiger partial charge < -0.3 is 25.4 Å². The Labute approximate surface area is 167 Å². The largest absolute Gasteiger partial charge is 0.497 e. The van der Waals surface area contributed by atoms with E-state index in [0.717, 1.165) is 30.8 Å². The van der Waals surface area contributed by atoms with E-state index in [-0.39, 0.29) is 36.4 Å². The third-order valence-corrected chi connectivity index (χ3v) is 3.19. The molecule has 0 aliphatic carbocycles. The molecule has 25 heavy (non-hydrogen) atoms. The summed E-state index contributed by atoms with van der Waals surface area (Å²) in [6.07, 6.45) is 0.880. The SMILES string of the molecule is CCNC(=NCC(=O)NCc1ccc(OC)cc1)NCCCOC.I. The number of methoxy groups -OCH3 is 2. The van der Waals surface area contributed by atoms with E-state index in [1.807, 2.05) is 31.2 Å². The van der Waals surface area contributed by atoms with Crippen molar-refractivity contribution in [1.29, 1.82) is 0 Å². The minimum Gasteiger partial charge on any atom is -0.497 e. The lowest BCUT2D eigenvalue weighted by atomic mass is 10.2. The second kappa shape index (κ2) is 14.8. The molecule has 1 aromatic carbocycles. The highest BCUT2D eigenvalue weighted by molar-refractivity contribution is 14.0. The molecule has 0 radical (unpaired) electrons. The van der Waals surface area contributed by atoms with Crippen LogP contribution < -0.4 is 20.7 Å². The fourth-order valence-electron chi connectivity index (χ4n) is 1.92. The van der Waals surface area contributed by atoms with Crippen LogP contribution in [-0.4, -0.2) is 52.3 Å². The molecule has 7 nitrogen and oxygen atoms in total. The fraction of sp³-hybridized carbons (Fsp3) is 0.529. The van der Waals surface area contributed by atoms with E-state index in [1.54, 1.807) is 14.2 Å². The number of guanidine groups is 1. The number of carbonyl (C=O) groups is 1. The molecule has 0 aliphatic rings. The van der Waals surface area contributed by atoms with E-state index >= 15 is 0 Å². The fourth-order valence-corrected chi connectivity index (χ4v) is 1.92. The van der Waals surface area contributed by atoms with Gasteiger partial charge in [-0.2, -0.15) is 0 Å². The van der Waals surface area contributed by atoms with Gasteiger partial charge in [0.15, 0.2) is 5.96 Å². The highest BCUT2D eigenvalue weighted by Crippen LogP contribution is 2.10. The molecule has 1 rings (SSSR count). The zero-order valence-electron chi connectivity index (χ0n) is 15.1. The smallest absolute Gasteiger partial charge is 0.242 e. The van der Waals surface area contributed by atoms with E-state index in [0.29, 0.717) is 19.1 Å². The monoisotopic (exact) mass is 464 g/mol. The van der Waals surface area contributed by atoms with Gasteiger partial charge in [0.25, 0.3) is 0 Å². The first-order valence-electron chi connectivity index (χ1n) is 8.10. The molecule has 0 aromatic heterocycles. The summed E-state index contributed by atoms with van der Waals surface area (Å²) in [5.74, 6) is 1.30. The third-order valence-electron chi connectivity index (χ3n) is 3.19. The van der Waals surface area contributed by atoms with Gasteiger partial charge in [0.1, 0.15) is 12.3 Å². The summed E-state index contributed by atoms with van der Waals surface area (Å²) in [6, 6.07) is 7.58. The molecule has 0 atom stereocenters. The van der Waals surface area contributed by atoms with Gasteiger partial charge in [0, 0.05) is 33.4 Å². The quantitative estimate of drug-likeness (QED) is 0.212. The number of carbonyl (C=O) groups excluding carboxylic acids is 1. The predicted molar refractivity (Wildman–Crippen MR) is 111 cm³/mol. The summed E-state index contributed by atoms with van der Waals surface area (Å²) in [6.45, 7) is 4.70. The second-order valence-electron chi connectivity index (χ2n) is 5.09. The van der Waals surface area contributed by atoms with E-state index in [2.05, 4.69) is 20.9 Å². The minimum absolute atomic E-state index is 0. The first-order valence-corrected chi connectivity index (χ1v) is 8.10. The Morgan fingerprint density at radius 3 is 2.44 bits per heavy atom. The van der Waals surface area contributed by atoms with Gasteiger partial charge in [-0.05, 0) is 31.0 Å². The van der Waals surface area contributed by atoms with Crippen LogP contribution in [0, 0.1) is 0 Å². The van der Waals surface area contributed by atoms with Gasteiger partial charge in [-0.25, -0.2) is 4.99 Å². The number of rotatable bonds is 10. The molecule has 1 aromatic rings. The van der Waals surface area contributed by atoms with Crippen molar-refractivity contribution in [1.82, 2.24) is 16.0 Å². The molecule has 8 heteroatoms. The van der Waals surface area contributed by atoms with Crippen molar-refractivity contribution in [2.75, 3.05) is 40.5 Å². The van der Waals surface area contributed by atoms with Crippen molar-refractivity contribution in [2.45, 2.75) is 19.9 Å². The van der Waals surface area contributed by atoms with Gasteiger partial charge in [-0.15, -0.1) is 24.0 Å². The van der Waals surface area contributed by atoms with Crippen LogP contribution in [0.1, 0.15) is 18.9 Å². The number of nitrogens with zero attached hydrogens (tertiary/aromatic N) is 1. The standard InChI is InChI=1S/C17H28N4O3.HI/c1-4-18-17(19-10-5-11-23-2)21-13-16(22)20-12-14-6-8-15(24-3)9-7-14;/h6-9H,4-5,10-13H2,1-3H3,(H,20,22)(H2,18,19,21);1H. The predicted octanol–water partition coefficient (Wildman–Crippen LogP) is 1.52. The van der Waals surface area contributed by atoms with Gasteiger partial charge in [0.2, 0.25) is 5.91 Å². The third kappa shape index (κ3) is 10.8. The average molecular weight is 464 g/mol. The van der Waals surface area contributed by atoms with Crippen molar-refractivity contribution in [2.24, 2.45) is 4.99 Å². The Morgan fingerprint density at radius 2 is 1.84 bits per heavy atom. The van der Waals surface area contributed by atoms with Crippen LogP contribution in [0.15, 0.2) is 29.3 Å². The summed E-state index contributed by atoms with van der Waals surface area (Å²) in [4.78, 5) is 16.2. The molecule has 3 N–H and O–H groups in total. The Kier molecular flexibility index (Phi) is 13.8. The van der Waals surface area contributed by atoms with Crippen LogP contribution in [-0.2, 0) is 16.1 Å². The van der Waals surface area contributed by atoms with Crippen molar-refractivity contribution < 1.29 is 14.3 Å². The van der Waals surface area contributed by atoms with Gasteiger partial charge >= 0.3 is 0 Å². The summed E-state index contributed by atoms with van der Waals surface area (Å²) >= 11 is 0. The molecule has 0 saturated carbocycles. The van der Waals surface area contributed by atoms with Crippen LogP contribution in [0.3, 0.4) is 0 Å². The molecular formula is C17H29IN4O3. The van der Waals surface area contributed by atoms with Crippen molar-refractivity contribution in [3.8, 4) is 5.75 Å². The number of benzene rings is 1. The highest BCUT2D eigenvalue weighted by atomic mass is 127. The number of halogens is 1. The van der Waals surface area contributed by atoms with Crippen LogP contribution in [0.2, 0.25) is 0 Å². The molecule has 0 heterocycles. The Bertz CT molecular complexity index is 509. The Morgan fingerprint density at radius 1 is 1.12 bits per heavy atom. The zero-order chi connectivity index (χ0) is 17.6. The maximum absolute atomic E-state index is 11.9. The molecule has 0 bridgehead atoms. The van der Waals surface area contributed by atoms with Gasteiger partial charge in [0.05, 0.1) is 7.11 Å². The molecule has 142 valence electrons. The lowest BCUT2D eigenvalue weighted by Gasteiger charge is -2.11. The van der Waals surface area contributed by atoms with E-state index in [9.17, 15) is 4.79 Å². The zero-order valence-corrected chi connectivity index (χ0v) is 17.5. The van der Waals surface area contributed by atoms with E-state index in [1.165, 1.54) is 0 Å². The van der Waals surface area contributed by atoms with Crippen molar-refractivity contribution >= 4 is 35.8 Å². The Balaban J connectivity index is 0.00000576. The summed E-state index contributed by atoms with van der Waals surface area (Å²) in [5, 5.41) is 9.12. The van der Waals surface area contributed by atoms with Gasteiger partial charge in [-0.3, -0.25) is 4.79 Å². The molecular weight excluding hydrogens is 435 g/mol.